The van der Waals surface area contributed by atoms with Crippen LogP contribution in [0, 0.1) is 0 Å². The molecule has 1 saturated heterocycles. The highest BCUT2D eigenvalue weighted by molar-refractivity contribution is 6.66. The number of carbonyl (C=O) groups excluding carboxylic acids is 1. The maximum atomic E-state index is 11.4. The lowest BCUT2D eigenvalue weighted by Gasteiger charge is -2.22. The predicted molar refractivity (Wildman–Crippen MR) is 56.8 cm³/mol. The van der Waals surface area contributed by atoms with E-state index in [2.05, 4.69) is 4.74 Å². The molecule has 0 bridgehead atoms. The molecule has 82 valence electrons. The molecule has 0 aromatic rings. The fourth-order valence-electron chi connectivity index (χ4n) is 1.42. The zero-order valence-corrected chi connectivity index (χ0v) is 9.91. The Morgan fingerprint density at radius 1 is 1.07 bits per heavy atom. The molecular weight excluding hydrogens is 248 g/mol. The largest absolute Gasteiger partial charge is 0.413 e. The summed E-state index contributed by atoms with van der Waals surface area (Å²) < 4.78 is 2.66. The Hall–Kier alpha value is 0.140. The fourth-order valence-corrected chi connectivity index (χ4v) is 1.61. The van der Waals surface area contributed by atoms with E-state index in [9.17, 15) is 4.79 Å². The van der Waals surface area contributed by atoms with Crippen molar-refractivity contribution in [3.05, 3.63) is 0 Å². The molecule has 0 radical (unpaired) electrons. The number of amides is 1. The monoisotopic (exact) mass is 259 g/mol. The first-order valence-corrected chi connectivity index (χ1v) is 5.67. The van der Waals surface area contributed by atoms with Crippen LogP contribution < -0.4 is 0 Å². The smallest absolute Gasteiger partial charge is 0.398 e. The molecule has 1 aliphatic rings. The van der Waals surface area contributed by atoms with Crippen molar-refractivity contribution < 1.29 is 9.53 Å². The zero-order valence-electron chi connectivity index (χ0n) is 7.64. The molecule has 0 aliphatic carbocycles. The maximum Gasteiger partial charge on any atom is 0.413 e. The van der Waals surface area contributed by atoms with Gasteiger partial charge in [-0.3, -0.25) is 0 Å². The molecule has 0 unspecified atom stereocenters. The van der Waals surface area contributed by atoms with Gasteiger partial charge >= 0.3 is 10.1 Å². The summed E-state index contributed by atoms with van der Waals surface area (Å²) in [5.74, 6) is 0. The number of nitrogens with zero attached hydrogens (tertiary/aromatic N) is 1. The van der Waals surface area contributed by atoms with Gasteiger partial charge in [0, 0.05) is 13.1 Å². The minimum absolute atomic E-state index is 0.549. The predicted octanol–water partition coefficient (Wildman–Crippen LogP) is 3.33. The normalized spacial score (nSPS) is 18.9. The van der Waals surface area contributed by atoms with Crippen LogP contribution in [0.25, 0.3) is 0 Å². The van der Waals surface area contributed by atoms with Gasteiger partial charge in [-0.05, 0) is 47.6 Å². The first-order chi connectivity index (χ1) is 6.49. The second kappa shape index (κ2) is 5.29. The highest BCUT2D eigenvalue weighted by atomic mass is 35.6. The maximum absolute atomic E-state index is 11.4. The van der Waals surface area contributed by atoms with Crippen molar-refractivity contribution in [2.45, 2.75) is 29.7 Å². The van der Waals surface area contributed by atoms with E-state index < -0.39 is 10.1 Å². The van der Waals surface area contributed by atoms with Crippen molar-refractivity contribution in [1.29, 1.82) is 0 Å². The SMILES string of the molecule is O=C(OC(Cl)(Cl)Cl)N1CCCCCC1. The number of ether oxygens (including phenoxy) is 1. The van der Waals surface area contributed by atoms with E-state index in [1.165, 1.54) is 0 Å². The van der Waals surface area contributed by atoms with Gasteiger partial charge in [0.15, 0.2) is 0 Å². The van der Waals surface area contributed by atoms with Crippen LogP contribution in [0.4, 0.5) is 4.79 Å². The summed E-state index contributed by atoms with van der Waals surface area (Å²) in [6.07, 6.45) is 3.69. The van der Waals surface area contributed by atoms with Gasteiger partial charge < -0.3 is 9.64 Å². The molecule has 0 N–H and O–H groups in total. The first-order valence-electron chi connectivity index (χ1n) is 4.54. The number of hydrogen-bond acceptors (Lipinski definition) is 2. The summed E-state index contributed by atoms with van der Waals surface area (Å²) >= 11 is 16.0. The molecule has 1 aliphatic heterocycles. The van der Waals surface area contributed by atoms with Gasteiger partial charge in [-0.1, -0.05) is 12.8 Å². The lowest BCUT2D eigenvalue weighted by Crippen LogP contribution is -2.35. The van der Waals surface area contributed by atoms with E-state index in [4.69, 9.17) is 34.8 Å². The number of carbonyl (C=O) groups is 1. The van der Waals surface area contributed by atoms with Crippen molar-refractivity contribution in [3.8, 4) is 0 Å². The number of alkyl halides is 3. The van der Waals surface area contributed by atoms with Crippen molar-refractivity contribution >= 4 is 40.9 Å². The van der Waals surface area contributed by atoms with E-state index in [1.807, 2.05) is 0 Å². The number of halogens is 3. The van der Waals surface area contributed by atoms with Gasteiger partial charge in [0.25, 0.3) is 0 Å². The van der Waals surface area contributed by atoms with Crippen LogP contribution in [0.1, 0.15) is 25.7 Å². The molecule has 6 heteroatoms. The quantitative estimate of drug-likeness (QED) is 0.625. The Balaban J connectivity index is 2.42. The minimum atomic E-state index is -1.95. The summed E-state index contributed by atoms with van der Waals surface area (Å²) in [5, 5.41) is 0. The second-order valence-electron chi connectivity index (χ2n) is 3.21. The average Bonchev–Trinajstić information content (AvgIpc) is 2.27. The van der Waals surface area contributed by atoms with Crippen LogP contribution in [-0.4, -0.2) is 28.1 Å². The second-order valence-corrected chi connectivity index (χ2v) is 5.39. The fraction of sp³-hybridized carbons (Fsp3) is 0.875. The molecule has 0 atom stereocenters. The van der Waals surface area contributed by atoms with E-state index in [-0.39, 0.29) is 0 Å². The van der Waals surface area contributed by atoms with Gasteiger partial charge in [-0.15, -0.1) is 0 Å². The summed E-state index contributed by atoms with van der Waals surface area (Å²) in [4.78, 5) is 13.0. The van der Waals surface area contributed by atoms with Crippen molar-refractivity contribution in [2.75, 3.05) is 13.1 Å². The summed E-state index contributed by atoms with van der Waals surface area (Å²) in [7, 11) is 0. The summed E-state index contributed by atoms with van der Waals surface area (Å²) in [6.45, 7) is 1.36. The van der Waals surface area contributed by atoms with Gasteiger partial charge in [0.1, 0.15) is 0 Å². The van der Waals surface area contributed by atoms with E-state index >= 15 is 0 Å². The van der Waals surface area contributed by atoms with Gasteiger partial charge in [0.2, 0.25) is 0 Å². The molecule has 14 heavy (non-hydrogen) atoms. The highest BCUT2D eigenvalue weighted by Gasteiger charge is 2.28. The molecule has 3 nitrogen and oxygen atoms in total. The Labute approximate surface area is 98.2 Å². The molecule has 0 aromatic heterocycles. The van der Waals surface area contributed by atoms with Crippen molar-refractivity contribution in [2.24, 2.45) is 0 Å². The van der Waals surface area contributed by atoms with E-state index in [0.29, 0.717) is 13.1 Å². The van der Waals surface area contributed by atoms with E-state index in [0.717, 1.165) is 25.7 Å². The van der Waals surface area contributed by atoms with Crippen molar-refractivity contribution in [3.63, 3.8) is 0 Å². The standard InChI is InChI=1S/C8H12Cl3NO2/c9-8(10,11)14-7(13)12-5-3-1-2-4-6-12/h1-6H2. The average molecular weight is 261 g/mol. The third-order valence-corrected chi connectivity index (χ3v) is 2.30. The zero-order chi connectivity index (χ0) is 10.6. The van der Waals surface area contributed by atoms with Crippen LogP contribution in [-0.2, 0) is 4.74 Å². The lowest BCUT2D eigenvalue weighted by atomic mass is 10.2. The van der Waals surface area contributed by atoms with Crippen LogP contribution in [0.5, 0.6) is 0 Å². The number of hydrogen-bond donors (Lipinski definition) is 0. The van der Waals surface area contributed by atoms with E-state index in [1.54, 1.807) is 4.90 Å². The van der Waals surface area contributed by atoms with Gasteiger partial charge in [-0.25, -0.2) is 4.79 Å². The summed E-state index contributed by atoms with van der Waals surface area (Å²) in [6, 6.07) is 0. The Morgan fingerprint density at radius 2 is 1.57 bits per heavy atom. The number of rotatable bonds is 0. The van der Waals surface area contributed by atoms with Crippen LogP contribution >= 0.6 is 34.8 Å². The minimum Gasteiger partial charge on any atom is -0.398 e. The molecule has 0 spiro atoms. The van der Waals surface area contributed by atoms with Gasteiger partial charge in [0.05, 0.1) is 0 Å². The lowest BCUT2D eigenvalue weighted by molar-refractivity contribution is 0.101. The Bertz CT molecular complexity index is 197. The van der Waals surface area contributed by atoms with Crippen molar-refractivity contribution in [1.82, 2.24) is 4.90 Å². The first kappa shape index (κ1) is 12.2. The molecule has 1 amide bonds. The Morgan fingerprint density at radius 3 is 2.00 bits per heavy atom. The molecule has 0 saturated carbocycles. The number of likely N-dealkylation sites (tertiary alicyclic amines) is 1. The molecular formula is C8H12Cl3NO2. The highest BCUT2D eigenvalue weighted by Crippen LogP contribution is 2.28. The molecule has 1 fully saturated rings. The third kappa shape index (κ3) is 4.58. The Kier molecular flexibility index (Phi) is 4.61. The van der Waals surface area contributed by atoms with Gasteiger partial charge in [-0.2, -0.15) is 0 Å². The van der Waals surface area contributed by atoms with Crippen LogP contribution in [0.15, 0.2) is 0 Å². The molecule has 1 rings (SSSR count). The molecule has 0 aromatic carbocycles. The van der Waals surface area contributed by atoms with Crippen LogP contribution in [0.3, 0.4) is 0 Å². The van der Waals surface area contributed by atoms with Crippen LogP contribution in [0.2, 0.25) is 0 Å². The third-order valence-electron chi connectivity index (χ3n) is 2.07. The molecule has 1 heterocycles. The summed E-state index contributed by atoms with van der Waals surface area (Å²) in [5.41, 5.74) is 0. The topological polar surface area (TPSA) is 29.5 Å².